The maximum absolute atomic E-state index is 3.87. The van der Waals surface area contributed by atoms with Crippen LogP contribution in [0.25, 0.3) is 0 Å². The Morgan fingerprint density at radius 2 is 2.00 bits per heavy atom. The van der Waals surface area contributed by atoms with Crippen molar-refractivity contribution in [1.29, 1.82) is 0 Å². The van der Waals surface area contributed by atoms with Gasteiger partial charge in [0.05, 0.1) is 0 Å². The Balaban J connectivity index is 1.57. The van der Waals surface area contributed by atoms with E-state index in [0.717, 1.165) is 24.5 Å². The molecule has 1 saturated carbocycles. The van der Waals surface area contributed by atoms with Crippen LogP contribution < -0.4 is 10.6 Å². The second-order valence-electron chi connectivity index (χ2n) is 6.50. The van der Waals surface area contributed by atoms with Crippen molar-refractivity contribution >= 4 is 11.3 Å². The molecular formula is C17H28N2S. The van der Waals surface area contributed by atoms with Gasteiger partial charge in [-0.1, -0.05) is 19.3 Å². The van der Waals surface area contributed by atoms with E-state index in [1.807, 2.05) is 11.3 Å². The first-order chi connectivity index (χ1) is 9.83. The average molecular weight is 292 g/mol. The quantitative estimate of drug-likeness (QED) is 0.881. The summed E-state index contributed by atoms with van der Waals surface area (Å²) in [5.74, 6) is 0.852. The van der Waals surface area contributed by atoms with Gasteiger partial charge in [0.15, 0.2) is 0 Å². The number of rotatable bonds is 4. The Bertz CT molecular complexity index is 409. The Morgan fingerprint density at radius 1 is 1.15 bits per heavy atom. The molecule has 0 bridgehead atoms. The summed E-state index contributed by atoms with van der Waals surface area (Å²) >= 11 is 1.94. The van der Waals surface area contributed by atoms with E-state index in [4.69, 9.17) is 0 Å². The summed E-state index contributed by atoms with van der Waals surface area (Å²) in [5, 5.41) is 7.65. The number of thiophene rings is 1. The molecule has 1 aliphatic carbocycles. The highest BCUT2D eigenvalue weighted by atomic mass is 32.1. The monoisotopic (exact) mass is 292 g/mol. The van der Waals surface area contributed by atoms with Gasteiger partial charge in [-0.15, -0.1) is 11.3 Å². The number of hydrogen-bond donors (Lipinski definition) is 2. The number of nitrogens with one attached hydrogen (secondary N) is 2. The summed E-state index contributed by atoms with van der Waals surface area (Å²) < 4.78 is 0. The molecule has 3 unspecified atom stereocenters. The topological polar surface area (TPSA) is 24.1 Å². The third-order valence-electron chi connectivity index (χ3n) is 5.02. The highest BCUT2D eigenvalue weighted by Crippen LogP contribution is 2.31. The fraction of sp³-hybridized carbons (Fsp3) is 0.765. The van der Waals surface area contributed by atoms with Gasteiger partial charge < -0.3 is 10.6 Å². The first-order valence-electron chi connectivity index (χ1n) is 8.35. The summed E-state index contributed by atoms with van der Waals surface area (Å²) in [6, 6.07) is 6.01. The van der Waals surface area contributed by atoms with Crippen molar-refractivity contribution in [3.8, 4) is 0 Å². The molecule has 2 nitrogen and oxygen atoms in total. The normalized spacial score (nSPS) is 31.4. The van der Waals surface area contributed by atoms with E-state index in [0.29, 0.717) is 0 Å². The molecule has 2 fully saturated rings. The molecule has 1 aromatic rings. The van der Waals surface area contributed by atoms with Crippen molar-refractivity contribution in [3.63, 3.8) is 0 Å². The van der Waals surface area contributed by atoms with E-state index in [1.54, 1.807) is 0 Å². The van der Waals surface area contributed by atoms with Gasteiger partial charge in [-0.05, 0) is 57.2 Å². The van der Waals surface area contributed by atoms with Gasteiger partial charge in [-0.25, -0.2) is 0 Å². The van der Waals surface area contributed by atoms with Gasteiger partial charge in [-0.3, -0.25) is 0 Å². The van der Waals surface area contributed by atoms with Crippen molar-refractivity contribution in [3.05, 3.63) is 21.9 Å². The molecule has 2 aliphatic rings. The molecule has 2 N–H and O–H groups in total. The average Bonchev–Trinajstić information content (AvgIpc) is 2.92. The van der Waals surface area contributed by atoms with E-state index in [-0.39, 0.29) is 0 Å². The Hall–Kier alpha value is -0.380. The van der Waals surface area contributed by atoms with Crippen LogP contribution in [0.1, 0.15) is 54.7 Å². The van der Waals surface area contributed by atoms with Crippen LogP contribution in [-0.4, -0.2) is 18.6 Å². The highest BCUT2D eigenvalue weighted by Gasteiger charge is 2.32. The van der Waals surface area contributed by atoms with Crippen LogP contribution in [0.5, 0.6) is 0 Å². The molecular weight excluding hydrogens is 264 g/mol. The molecule has 0 spiro atoms. The summed E-state index contributed by atoms with van der Waals surface area (Å²) in [7, 11) is 0. The fourth-order valence-corrected chi connectivity index (χ4v) is 4.79. The summed E-state index contributed by atoms with van der Waals surface area (Å²) in [6.45, 7) is 4.49. The molecule has 20 heavy (non-hydrogen) atoms. The molecule has 3 heteroatoms. The lowest BCUT2D eigenvalue weighted by Gasteiger charge is -2.40. The molecule has 3 rings (SSSR count). The highest BCUT2D eigenvalue weighted by molar-refractivity contribution is 7.11. The lowest BCUT2D eigenvalue weighted by Crippen LogP contribution is -2.50. The van der Waals surface area contributed by atoms with Crippen LogP contribution in [0.4, 0.5) is 0 Å². The van der Waals surface area contributed by atoms with Gasteiger partial charge in [0, 0.05) is 28.4 Å². The smallest absolute Gasteiger partial charge is 0.0302 e. The van der Waals surface area contributed by atoms with Crippen molar-refractivity contribution in [2.45, 2.75) is 70.5 Å². The Labute approximate surface area is 127 Å². The number of hydrogen-bond acceptors (Lipinski definition) is 3. The zero-order chi connectivity index (χ0) is 13.8. The standard InChI is InChI=1S/C17H28N2S/c1-13-9-10-14(20-13)12-19-17-7-3-2-6-15(17)16-8-4-5-11-18-16/h9-10,15-19H,2-8,11-12H2,1H3. The molecule has 1 aliphatic heterocycles. The molecule has 0 radical (unpaired) electrons. The molecule has 3 atom stereocenters. The predicted octanol–water partition coefficient (Wildman–Crippen LogP) is 3.85. The van der Waals surface area contributed by atoms with Gasteiger partial charge in [0.2, 0.25) is 0 Å². The summed E-state index contributed by atoms with van der Waals surface area (Å²) in [5.41, 5.74) is 0. The van der Waals surface area contributed by atoms with E-state index in [9.17, 15) is 0 Å². The van der Waals surface area contributed by atoms with Crippen molar-refractivity contribution in [1.82, 2.24) is 10.6 Å². The number of aryl methyl sites for hydroxylation is 1. The molecule has 112 valence electrons. The fourth-order valence-electron chi connectivity index (χ4n) is 3.95. The molecule has 1 aromatic heterocycles. The summed E-state index contributed by atoms with van der Waals surface area (Å²) in [6.07, 6.45) is 9.80. The third kappa shape index (κ3) is 3.63. The van der Waals surface area contributed by atoms with Gasteiger partial charge >= 0.3 is 0 Å². The molecule has 1 saturated heterocycles. The van der Waals surface area contributed by atoms with E-state index in [1.165, 1.54) is 61.2 Å². The zero-order valence-electron chi connectivity index (χ0n) is 12.7. The van der Waals surface area contributed by atoms with Crippen LogP contribution in [0.15, 0.2) is 12.1 Å². The largest absolute Gasteiger partial charge is 0.314 e. The van der Waals surface area contributed by atoms with Crippen LogP contribution in [-0.2, 0) is 6.54 Å². The van der Waals surface area contributed by atoms with Crippen molar-refractivity contribution in [2.24, 2.45) is 5.92 Å². The van der Waals surface area contributed by atoms with Gasteiger partial charge in [0.25, 0.3) is 0 Å². The number of piperidine rings is 1. The molecule has 0 aromatic carbocycles. The van der Waals surface area contributed by atoms with Crippen LogP contribution in [0.2, 0.25) is 0 Å². The van der Waals surface area contributed by atoms with Crippen LogP contribution in [0, 0.1) is 12.8 Å². The second kappa shape index (κ2) is 7.06. The van der Waals surface area contributed by atoms with Gasteiger partial charge in [-0.2, -0.15) is 0 Å². The Morgan fingerprint density at radius 3 is 2.75 bits per heavy atom. The Kier molecular flexibility index (Phi) is 5.14. The predicted molar refractivity (Wildman–Crippen MR) is 87.3 cm³/mol. The van der Waals surface area contributed by atoms with E-state index >= 15 is 0 Å². The lowest BCUT2D eigenvalue weighted by atomic mass is 9.77. The van der Waals surface area contributed by atoms with Crippen molar-refractivity contribution < 1.29 is 0 Å². The minimum atomic E-state index is 0.724. The summed E-state index contributed by atoms with van der Waals surface area (Å²) in [4.78, 5) is 2.92. The van der Waals surface area contributed by atoms with Gasteiger partial charge in [0.1, 0.15) is 0 Å². The second-order valence-corrected chi connectivity index (χ2v) is 7.88. The lowest BCUT2D eigenvalue weighted by molar-refractivity contribution is 0.181. The minimum Gasteiger partial charge on any atom is -0.314 e. The van der Waals surface area contributed by atoms with Crippen LogP contribution in [0.3, 0.4) is 0 Å². The molecule has 0 amide bonds. The first kappa shape index (κ1) is 14.6. The maximum Gasteiger partial charge on any atom is 0.0302 e. The third-order valence-corrected chi connectivity index (χ3v) is 6.02. The molecule has 2 heterocycles. The SMILES string of the molecule is Cc1ccc(CNC2CCCCC2C2CCCCN2)s1. The van der Waals surface area contributed by atoms with E-state index < -0.39 is 0 Å². The van der Waals surface area contributed by atoms with Crippen molar-refractivity contribution in [2.75, 3.05) is 6.54 Å². The minimum absolute atomic E-state index is 0.724. The zero-order valence-corrected chi connectivity index (χ0v) is 13.5. The van der Waals surface area contributed by atoms with E-state index in [2.05, 4.69) is 29.7 Å². The maximum atomic E-state index is 3.87. The van der Waals surface area contributed by atoms with Crippen LogP contribution >= 0.6 is 11.3 Å². The first-order valence-corrected chi connectivity index (χ1v) is 9.16.